The summed E-state index contributed by atoms with van der Waals surface area (Å²) in [6, 6.07) is 9.12. The lowest BCUT2D eigenvalue weighted by Gasteiger charge is -2.27. The molecule has 2 unspecified atom stereocenters. The van der Waals surface area contributed by atoms with Gasteiger partial charge in [0.1, 0.15) is 0 Å². The Morgan fingerprint density at radius 2 is 2.05 bits per heavy atom. The lowest BCUT2D eigenvalue weighted by atomic mass is 9.97. The van der Waals surface area contributed by atoms with Crippen molar-refractivity contribution in [3.8, 4) is 0 Å². The van der Waals surface area contributed by atoms with Gasteiger partial charge in [-0.3, -0.25) is 4.79 Å². The molecular weight excluding hydrogens is 276 g/mol. The van der Waals surface area contributed by atoms with E-state index in [9.17, 15) is 13.2 Å². The van der Waals surface area contributed by atoms with E-state index in [1.807, 2.05) is 30.3 Å². The molecule has 6 heteroatoms. The van der Waals surface area contributed by atoms with Gasteiger partial charge in [-0.15, -0.1) is 0 Å². The Morgan fingerprint density at radius 1 is 1.40 bits per heavy atom. The first-order valence-electron chi connectivity index (χ1n) is 6.66. The van der Waals surface area contributed by atoms with Gasteiger partial charge >= 0.3 is 0 Å². The number of sulfone groups is 1. The fourth-order valence-corrected chi connectivity index (χ4v) is 4.35. The van der Waals surface area contributed by atoms with Crippen LogP contribution in [0.4, 0.5) is 0 Å². The minimum atomic E-state index is -3.00. The zero-order valence-corrected chi connectivity index (χ0v) is 12.3. The van der Waals surface area contributed by atoms with Crippen LogP contribution in [-0.4, -0.2) is 50.4 Å². The number of hydrogen-bond donors (Lipinski definition) is 1. The number of hydrogen-bond acceptors (Lipinski definition) is 4. The Labute approximate surface area is 119 Å². The van der Waals surface area contributed by atoms with Gasteiger partial charge in [0.15, 0.2) is 9.84 Å². The molecule has 110 valence electrons. The molecule has 2 atom stereocenters. The first kappa shape index (κ1) is 15.0. The zero-order chi connectivity index (χ0) is 14.8. The second-order valence-corrected chi connectivity index (χ2v) is 7.43. The van der Waals surface area contributed by atoms with Gasteiger partial charge in [0.05, 0.1) is 17.4 Å². The monoisotopic (exact) mass is 296 g/mol. The summed E-state index contributed by atoms with van der Waals surface area (Å²) in [6.45, 7) is 0.215. The van der Waals surface area contributed by atoms with Crippen LogP contribution in [0, 0.1) is 0 Å². The number of carbonyl (C=O) groups is 1. The van der Waals surface area contributed by atoms with Gasteiger partial charge < -0.3 is 10.6 Å². The van der Waals surface area contributed by atoms with E-state index in [4.69, 9.17) is 5.73 Å². The number of likely N-dealkylation sites (N-methyl/N-ethyl adjacent to an activating group) is 1. The number of rotatable bonds is 4. The largest absolute Gasteiger partial charge is 0.341 e. The van der Waals surface area contributed by atoms with Crippen molar-refractivity contribution < 1.29 is 13.2 Å². The molecule has 2 N–H and O–H groups in total. The molecule has 1 saturated heterocycles. The van der Waals surface area contributed by atoms with E-state index in [1.165, 1.54) is 0 Å². The highest BCUT2D eigenvalue weighted by molar-refractivity contribution is 7.91. The van der Waals surface area contributed by atoms with Crippen molar-refractivity contribution in [3.63, 3.8) is 0 Å². The molecule has 2 rings (SSSR count). The third-order valence-electron chi connectivity index (χ3n) is 3.84. The van der Waals surface area contributed by atoms with E-state index in [0.717, 1.165) is 5.56 Å². The SMILES string of the molecule is CN(C(=O)C(CN)c1ccccc1)C1CCS(=O)(=O)C1. The summed E-state index contributed by atoms with van der Waals surface area (Å²) >= 11 is 0. The van der Waals surface area contributed by atoms with Gasteiger partial charge in [-0.25, -0.2) is 8.42 Å². The number of nitrogens with two attached hydrogens (primary N) is 1. The average molecular weight is 296 g/mol. The second kappa shape index (κ2) is 5.93. The molecule has 1 fully saturated rings. The van der Waals surface area contributed by atoms with Crippen molar-refractivity contribution in [1.29, 1.82) is 0 Å². The zero-order valence-electron chi connectivity index (χ0n) is 11.5. The van der Waals surface area contributed by atoms with Gasteiger partial charge in [-0.2, -0.15) is 0 Å². The van der Waals surface area contributed by atoms with Crippen molar-refractivity contribution in [2.75, 3.05) is 25.1 Å². The molecule has 1 aromatic rings. The molecule has 1 heterocycles. The average Bonchev–Trinajstić information content (AvgIpc) is 2.80. The van der Waals surface area contributed by atoms with Crippen LogP contribution >= 0.6 is 0 Å². The van der Waals surface area contributed by atoms with Gasteiger partial charge in [0.25, 0.3) is 0 Å². The Balaban J connectivity index is 2.13. The van der Waals surface area contributed by atoms with Crippen LogP contribution in [0.2, 0.25) is 0 Å². The highest BCUT2D eigenvalue weighted by Crippen LogP contribution is 2.22. The maximum absolute atomic E-state index is 12.5. The Hall–Kier alpha value is -1.40. The third-order valence-corrected chi connectivity index (χ3v) is 5.59. The van der Waals surface area contributed by atoms with Crippen molar-refractivity contribution >= 4 is 15.7 Å². The maximum Gasteiger partial charge on any atom is 0.231 e. The van der Waals surface area contributed by atoms with Crippen LogP contribution in [0.25, 0.3) is 0 Å². The van der Waals surface area contributed by atoms with E-state index in [1.54, 1.807) is 11.9 Å². The van der Waals surface area contributed by atoms with Crippen LogP contribution in [0.15, 0.2) is 30.3 Å². The molecule has 1 amide bonds. The predicted octanol–water partition coefficient (Wildman–Crippen LogP) is 0.374. The van der Waals surface area contributed by atoms with E-state index in [-0.39, 0.29) is 30.0 Å². The summed E-state index contributed by atoms with van der Waals surface area (Å²) in [6.07, 6.45) is 0.511. The van der Waals surface area contributed by atoms with Gasteiger partial charge in [0, 0.05) is 19.6 Å². The van der Waals surface area contributed by atoms with E-state index < -0.39 is 15.8 Å². The molecule has 1 aliphatic heterocycles. The highest BCUT2D eigenvalue weighted by atomic mass is 32.2. The second-order valence-electron chi connectivity index (χ2n) is 5.20. The van der Waals surface area contributed by atoms with Gasteiger partial charge in [-0.1, -0.05) is 30.3 Å². The summed E-state index contributed by atoms with van der Waals surface area (Å²) in [5.74, 6) is -0.305. The Bertz CT molecular complexity index is 571. The number of carbonyl (C=O) groups excluding carboxylic acids is 1. The van der Waals surface area contributed by atoms with Crippen LogP contribution < -0.4 is 5.73 Å². The first-order valence-corrected chi connectivity index (χ1v) is 8.49. The molecule has 0 saturated carbocycles. The Morgan fingerprint density at radius 3 is 2.55 bits per heavy atom. The number of amides is 1. The Kier molecular flexibility index (Phi) is 4.45. The van der Waals surface area contributed by atoms with Crippen molar-refractivity contribution in [3.05, 3.63) is 35.9 Å². The molecule has 0 radical (unpaired) electrons. The summed E-state index contributed by atoms with van der Waals surface area (Å²) in [5, 5.41) is 0. The summed E-state index contributed by atoms with van der Waals surface area (Å²) < 4.78 is 23.0. The fraction of sp³-hybridized carbons (Fsp3) is 0.500. The summed E-state index contributed by atoms with van der Waals surface area (Å²) in [7, 11) is -1.33. The molecule has 5 nitrogen and oxygen atoms in total. The number of nitrogens with zero attached hydrogens (tertiary/aromatic N) is 1. The molecule has 0 spiro atoms. The van der Waals surface area contributed by atoms with Crippen molar-refractivity contribution in [1.82, 2.24) is 4.90 Å². The summed E-state index contributed by atoms with van der Waals surface area (Å²) in [4.78, 5) is 14.1. The molecule has 20 heavy (non-hydrogen) atoms. The standard InChI is InChI=1S/C14H20N2O3S/c1-16(12-7-8-20(18,19)10-12)14(17)13(9-15)11-5-3-2-4-6-11/h2-6,12-13H,7-10,15H2,1H3. The van der Waals surface area contributed by atoms with Gasteiger partial charge in [0.2, 0.25) is 5.91 Å². The first-order chi connectivity index (χ1) is 9.44. The van der Waals surface area contributed by atoms with Gasteiger partial charge in [-0.05, 0) is 12.0 Å². The normalized spacial score (nSPS) is 22.4. The highest BCUT2D eigenvalue weighted by Gasteiger charge is 2.34. The maximum atomic E-state index is 12.5. The third kappa shape index (κ3) is 3.19. The van der Waals surface area contributed by atoms with Crippen LogP contribution in [0.5, 0.6) is 0 Å². The van der Waals surface area contributed by atoms with E-state index in [2.05, 4.69) is 0 Å². The van der Waals surface area contributed by atoms with E-state index in [0.29, 0.717) is 6.42 Å². The molecular formula is C14H20N2O3S. The minimum Gasteiger partial charge on any atom is -0.341 e. The van der Waals surface area contributed by atoms with Crippen LogP contribution in [-0.2, 0) is 14.6 Å². The molecule has 0 aromatic heterocycles. The van der Waals surface area contributed by atoms with E-state index >= 15 is 0 Å². The quantitative estimate of drug-likeness (QED) is 0.870. The predicted molar refractivity (Wildman–Crippen MR) is 78.1 cm³/mol. The molecule has 0 aliphatic carbocycles. The lowest BCUT2D eigenvalue weighted by Crippen LogP contribution is -2.42. The summed E-state index contributed by atoms with van der Waals surface area (Å²) in [5.41, 5.74) is 6.60. The van der Waals surface area contributed by atoms with Crippen molar-refractivity contribution in [2.45, 2.75) is 18.4 Å². The fourth-order valence-electron chi connectivity index (χ4n) is 2.57. The van der Waals surface area contributed by atoms with Crippen LogP contribution in [0.3, 0.4) is 0 Å². The molecule has 1 aromatic carbocycles. The topological polar surface area (TPSA) is 80.5 Å². The lowest BCUT2D eigenvalue weighted by molar-refractivity contribution is -0.132. The van der Waals surface area contributed by atoms with Crippen LogP contribution in [0.1, 0.15) is 17.9 Å². The minimum absolute atomic E-state index is 0.0569. The van der Waals surface area contributed by atoms with Crippen molar-refractivity contribution in [2.24, 2.45) is 5.73 Å². The smallest absolute Gasteiger partial charge is 0.231 e. The number of benzene rings is 1. The molecule has 0 bridgehead atoms. The molecule has 1 aliphatic rings.